The Hall–Kier alpha value is -3.09. The number of nitro benzene ring substituents is 1. The van der Waals surface area contributed by atoms with Crippen molar-refractivity contribution in [1.82, 2.24) is 5.32 Å². The van der Waals surface area contributed by atoms with Gasteiger partial charge in [0.05, 0.1) is 12.0 Å². The number of hydrogen-bond donors (Lipinski definition) is 2. The number of rotatable bonds is 7. The van der Waals surface area contributed by atoms with Crippen molar-refractivity contribution in [2.24, 2.45) is 0 Å². The standard InChI is InChI=1S/C17H19N3O4/c1-12(11-18-13-7-4-3-5-8-13)19-17(21)14-9-6-10-15(24-2)16(14)20(22)23/h3-10,12,18H,11H2,1-2H3,(H,19,21)/t12-/m0/s1. The molecule has 0 aromatic heterocycles. The van der Waals surface area contributed by atoms with Crippen molar-refractivity contribution >= 4 is 17.3 Å². The highest BCUT2D eigenvalue weighted by molar-refractivity contribution is 5.99. The van der Waals surface area contributed by atoms with Crippen LogP contribution in [-0.4, -0.2) is 30.5 Å². The number of nitro groups is 1. The second kappa shape index (κ2) is 7.96. The maximum absolute atomic E-state index is 12.4. The van der Waals surface area contributed by atoms with Crippen molar-refractivity contribution in [3.05, 3.63) is 64.2 Å². The first-order valence-corrected chi connectivity index (χ1v) is 7.44. The summed E-state index contributed by atoms with van der Waals surface area (Å²) < 4.78 is 4.97. The van der Waals surface area contributed by atoms with Crippen LogP contribution < -0.4 is 15.4 Å². The van der Waals surface area contributed by atoms with Gasteiger partial charge in [0, 0.05) is 18.3 Å². The van der Waals surface area contributed by atoms with Crippen LogP contribution in [0, 0.1) is 10.1 Å². The molecular formula is C17H19N3O4. The van der Waals surface area contributed by atoms with Gasteiger partial charge in [-0.1, -0.05) is 24.3 Å². The van der Waals surface area contributed by atoms with Gasteiger partial charge in [-0.25, -0.2) is 0 Å². The van der Waals surface area contributed by atoms with Crippen LogP contribution >= 0.6 is 0 Å². The van der Waals surface area contributed by atoms with Crippen LogP contribution in [-0.2, 0) is 0 Å². The molecule has 2 aromatic rings. The smallest absolute Gasteiger partial charge is 0.323 e. The highest BCUT2D eigenvalue weighted by Crippen LogP contribution is 2.30. The summed E-state index contributed by atoms with van der Waals surface area (Å²) in [5.41, 5.74) is 0.581. The van der Waals surface area contributed by atoms with E-state index >= 15 is 0 Å². The average molecular weight is 329 g/mol. The molecule has 0 saturated carbocycles. The monoisotopic (exact) mass is 329 g/mol. The zero-order valence-corrected chi connectivity index (χ0v) is 13.5. The Morgan fingerprint density at radius 3 is 2.54 bits per heavy atom. The van der Waals surface area contributed by atoms with Gasteiger partial charge in [-0.2, -0.15) is 0 Å². The van der Waals surface area contributed by atoms with E-state index in [2.05, 4.69) is 10.6 Å². The third-order valence-electron chi connectivity index (χ3n) is 3.41. The zero-order valence-electron chi connectivity index (χ0n) is 13.5. The fraction of sp³-hybridized carbons (Fsp3) is 0.235. The summed E-state index contributed by atoms with van der Waals surface area (Å²) in [5.74, 6) is -0.453. The second-order valence-electron chi connectivity index (χ2n) is 5.23. The van der Waals surface area contributed by atoms with Crippen molar-refractivity contribution in [3.63, 3.8) is 0 Å². The van der Waals surface area contributed by atoms with E-state index < -0.39 is 10.8 Å². The molecule has 0 saturated heterocycles. The third-order valence-corrected chi connectivity index (χ3v) is 3.41. The van der Waals surface area contributed by atoms with E-state index in [0.29, 0.717) is 6.54 Å². The minimum absolute atomic E-state index is 0.0223. The third kappa shape index (κ3) is 4.22. The minimum Gasteiger partial charge on any atom is -0.490 e. The molecule has 126 valence electrons. The minimum atomic E-state index is -0.610. The first-order chi connectivity index (χ1) is 11.5. The normalized spacial score (nSPS) is 11.4. The Kier molecular flexibility index (Phi) is 5.73. The summed E-state index contributed by atoms with van der Waals surface area (Å²) in [6.45, 7) is 2.31. The van der Waals surface area contributed by atoms with E-state index in [-0.39, 0.29) is 23.0 Å². The first kappa shape index (κ1) is 17.3. The van der Waals surface area contributed by atoms with Crippen LogP contribution in [0.15, 0.2) is 48.5 Å². The highest BCUT2D eigenvalue weighted by atomic mass is 16.6. The van der Waals surface area contributed by atoms with Crippen molar-refractivity contribution in [2.45, 2.75) is 13.0 Å². The number of nitrogens with zero attached hydrogens (tertiary/aromatic N) is 1. The molecule has 0 unspecified atom stereocenters. The van der Waals surface area contributed by atoms with Crippen LogP contribution in [0.2, 0.25) is 0 Å². The molecule has 0 aliphatic rings. The van der Waals surface area contributed by atoms with Gasteiger partial charge < -0.3 is 15.4 Å². The summed E-state index contributed by atoms with van der Waals surface area (Å²) in [4.78, 5) is 23.0. The average Bonchev–Trinajstić information content (AvgIpc) is 2.59. The maximum atomic E-state index is 12.4. The van der Waals surface area contributed by atoms with E-state index in [1.807, 2.05) is 37.3 Å². The lowest BCUT2D eigenvalue weighted by molar-refractivity contribution is -0.386. The van der Waals surface area contributed by atoms with E-state index in [1.165, 1.54) is 19.2 Å². The fourth-order valence-corrected chi connectivity index (χ4v) is 2.24. The Morgan fingerprint density at radius 2 is 1.92 bits per heavy atom. The largest absolute Gasteiger partial charge is 0.490 e. The number of para-hydroxylation sites is 2. The van der Waals surface area contributed by atoms with E-state index in [9.17, 15) is 14.9 Å². The Bertz CT molecular complexity index is 719. The van der Waals surface area contributed by atoms with Gasteiger partial charge in [0.1, 0.15) is 5.56 Å². The molecule has 0 aliphatic heterocycles. The topological polar surface area (TPSA) is 93.5 Å². The van der Waals surface area contributed by atoms with Gasteiger partial charge in [0.2, 0.25) is 0 Å². The van der Waals surface area contributed by atoms with Gasteiger partial charge in [-0.05, 0) is 31.2 Å². The van der Waals surface area contributed by atoms with Crippen molar-refractivity contribution in [2.75, 3.05) is 19.0 Å². The molecule has 0 bridgehead atoms. The van der Waals surface area contributed by atoms with E-state index in [4.69, 9.17) is 4.74 Å². The molecule has 0 fully saturated rings. The maximum Gasteiger partial charge on any atom is 0.323 e. The molecule has 24 heavy (non-hydrogen) atoms. The van der Waals surface area contributed by atoms with Gasteiger partial charge >= 0.3 is 5.69 Å². The number of carbonyl (C=O) groups excluding carboxylic acids is 1. The molecule has 2 aromatic carbocycles. The van der Waals surface area contributed by atoms with Gasteiger partial charge in [-0.15, -0.1) is 0 Å². The summed E-state index contributed by atoms with van der Waals surface area (Å²) in [7, 11) is 1.33. The van der Waals surface area contributed by atoms with Gasteiger partial charge in [-0.3, -0.25) is 14.9 Å². The molecule has 0 aliphatic carbocycles. The number of amides is 1. The number of methoxy groups -OCH3 is 1. The highest BCUT2D eigenvalue weighted by Gasteiger charge is 2.25. The summed E-state index contributed by atoms with van der Waals surface area (Å²) >= 11 is 0. The van der Waals surface area contributed by atoms with E-state index in [1.54, 1.807) is 6.07 Å². The number of benzene rings is 2. The lowest BCUT2D eigenvalue weighted by Crippen LogP contribution is -2.37. The Balaban J connectivity index is 2.05. The van der Waals surface area contributed by atoms with Gasteiger partial charge in [0.25, 0.3) is 5.91 Å². The molecule has 1 amide bonds. The molecule has 0 radical (unpaired) electrons. The lowest BCUT2D eigenvalue weighted by Gasteiger charge is -2.16. The number of anilines is 1. The molecule has 2 N–H and O–H groups in total. The van der Waals surface area contributed by atoms with Crippen LogP contribution in [0.1, 0.15) is 17.3 Å². The summed E-state index contributed by atoms with van der Waals surface area (Å²) in [6.07, 6.45) is 0. The molecule has 7 nitrogen and oxygen atoms in total. The van der Waals surface area contributed by atoms with Crippen molar-refractivity contribution in [3.8, 4) is 5.75 Å². The van der Waals surface area contributed by atoms with Crippen molar-refractivity contribution in [1.29, 1.82) is 0 Å². The molecule has 1 atom stereocenters. The number of ether oxygens (including phenoxy) is 1. The van der Waals surface area contributed by atoms with Crippen LogP contribution in [0.25, 0.3) is 0 Å². The second-order valence-corrected chi connectivity index (χ2v) is 5.23. The predicted octanol–water partition coefficient (Wildman–Crippen LogP) is 2.83. The number of hydrogen-bond acceptors (Lipinski definition) is 5. The van der Waals surface area contributed by atoms with Gasteiger partial charge in [0.15, 0.2) is 5.75 Å². The van der Waals surface area contributed by atoms with Crippen LogP contribution in [0.5, 0.6) is 5.75 Å². The Labute approximate surface area is 139 Å². The van der Waals surface area contributed by atoms with Crippen LogP contribution in [0.4, 0.5) is 11.4 Å². The lowest BCUT2D eigenvalue weighted by atomic mass is 10.1. The molecule has 0 spiro atoms. The summed E-state index contributed by atoms with van der Waals surface area (Å²) in [6, 6.07) is 13.8. The molecule has 2 rings (SSSR count). The molecular weight excluding hydrogens is 310 g/mol. The number of nitrogens with one attached hydrogen (secondary N) is 2. The predicted molar refractivity (Wildman–Crippen MR) is 91.5 cm³/mol. The number of carbonyl (C=O) groups is 1. The molecule has 0 heterocycles. The van der Waals surface area contributed by atoms with Crippen molar-refractivity contribution < 1.29 is 14.5 Å². The summed E-state index contributed by atoms with van der Waals surface area (Å²) in [5, 5.41) is 17.2. The fourth-order valence-electron chi connectivity index (χ4n) is 2.24. The Morgan fingerprint density at radius 1 is 1.21 bits per heavy atom. The first-order valence-electron chi connectivity index (χ1n) is 7.44. The van der Waals surface area contributed by atoms with E-state index in [0.717, 1.165) is 5.69 Å². The molecule has 7 heteroatoms. The zero-order chi connectivity index (χ0) is 17.5. The quantitative estimate of drug-likeness (QED) is 0.602. The van der Waals surface area contributed by atoms with Crippen LogP contribution in [0.3, 0.4) is 0 Å². The SMILES string of the molecule is COc1cccc(C(=O)N[C@@H](C)CNc2ccccc2)c1[N+](=O)[O-].